The Bertz CT molecular complexity index is 1510. The summed E-state index contributed by atoms with van der Waals surface area (Å²) in [5, 5.41) is 16.1. The fourth-order valence-electron chi connectivity index (χ4n) is 3.88. The van der Waals surface area contributed by atoms with Gasteiger partial charge in [-0.15, -0.1) is 0 Å². The molecule has 0 aliphatic heterocycles. The average molecular weight is 505 g/mol. The third kappa shape index (κ3) is 4.64. The second kappa shape index (κ2) is 10.3. The van der Waals surface area contributed by atoms with E-state index in [-0.39, 0.29) is 17.4 Å². The molecule has 2 aromatic carbocycles. The summed E-state index contributed by atoms with van der Waals surface area (Å²) in [6.45, 7) is 0. The first-order chi connectivity index (χ1) is 17.3. The van der Waals surface area contributed by atoms with Crippen LogP contribution in [0.4, 0.5) is 11.6 Å². The minimum atomic E-state index is -0.678. The fourth-order valence-corrected chi connectivity index (χ4v) is 4.12. The summed E-state index contributed by atoms with van der Waals surface area (Å²) in [6.07, 6.45) is 2.56. The van der Waals surface area contributed by atoms with Crippen molar-refractivity contribution in [2.24, 2.45) is 7.05 Å². The van der Waals surface area contributed by atoms with Gasteiger partial charge in [0, 0.05) is 19.1 Å². The van der Waals surface area contributed by atoms with Crippen LogP contribution in [0.1, 0.15) is 33.2 Å². The second-order valence-electron chi connectivity index (χ2n) is 7.80. The minimum absolute atomic E-state index is 0.170. The fraction of sp³-hybridized carbons (Fsp3) is 0.160. The molecule has 0 spiro atoms. The number of nitrogens with zero attached hydrogens (tertiary/aromatic N) is 5. The van der Waals surface area contributed by atoms with Gasteiger partial charge in [0.05, 0.1) is 31.0 Å². The Morgan fingerprint density at radius 3 is 2.72 bits per heavy atom. The van der Waals surface area contributed by atoms with Crippen LogP contribution in [-0.4, -0.2) is 34.8 Å². The highest BCUT2D eigenvalue weighted by atomic mass is 35.5. The maximum Gasteiger partial charge on any atom is 0.297 e. The first-order valence-corrected chi connectivity index (χ1v) is 11.1. The van der Waals surface area contributed by atoms with Crippen molar-refractivity contribution in [2.45, 2.75) is 6.04 Å². The maximum absolute atomic E-state index is 13.2. The number of amides is 1. The van der Waals surface area contributed by atoms with Gasteiger partial charge in [0.2, 0.25) is 11.7 Å². The smallest absolute Gasteiger partial charge is 0.297 e. The molecular weight excluding hydrogens is 484 g/mol. The molecule has 11 heteroatoms. The zero-order valence-electron chi connectivity index (χ0n) is 19.6. The van der Waals surface area contributed by atoms with Gasteiger partial charge in [-0.1, -0.05) is 47.1 Å². The molecular formula is C25H21ClN6O4. The third-order valence-corrected chi connectivity index (χ3v) is 5.91. The number of nitrogens with one attached hydrogen (secondary N) is 1. The van der Waals surface area contributed by atoms with Crippen LogP contribution in [-0.2, 0) is 7.05 Å². The minimum Gasteiger partial charge on any atom is -0.489 e. The van der Waals surface area contributed by atoms with E-state index in [0.717, 1.165) is 11.1 Å². The lowest BCUT2D eigenvalue weighted by molar-refractivity contribution is 0.101. The van der Waals surface area contributed by atoms with E-state index < -0.39 is 17.5 Å². The average Bonchev–Trinajstić information content (AvgIpc) is 3.39. The van der Waals surface area contributed by atoms with Crippen molar-refractivity contribution >= 4 is 29.1 Å². The number of halogens is 1. The van der Waals surface area contributed by atoms with Crippen LogP contribution < -0.4 is 20.5 Å². The van der Waals surface area contributed by atoms with Crippen molar-refractivity contribution in [1.82, 2.24) is 14.7 Å². The molecule has 1 unspecified atom stereocenters. The SMILES string of the molecule is COc1c(C(=O)Nc2cnoc2)nc(N(C)C(c2cccc(C#N)c2)c2ccccc2Cl)n(C)c1=O. The number of carbonyl (C=O) groups excluding carboxylic acids is 1. The van der Waals surface area contributed by atoms with E-state index in [1.807, 2.05) is 24.3 Å². The third-order valence-electron chi connectivity index (χ3n) is 5.57. The van der Waals surface area contributed by atoms with Crippen molar-refractivity contribution in [1.29, 1.82) is 5.26 Å². The van der Waals surface area contributed by atoms with Gasteiger partial charge >= 0.3 is 0 Å². The van der Waals surface area contributed by atoms with E-state index in [1.165, 1.54) is 31.2 Å². The Balaban J connectivity index is 1.89. The van der Waals surface area contributed by atoms with Gasteiger partial charge in [0.25, 0.3) is 11.5 Å². The highest BCUT2D eigenvalue weighted by molar-refractivity contribution is 6.31. The molecule has 0 bridgehead atoms. The van der Waals surface area contributed by atoms with Crippen LogP contribution >= 0.6 is 11.6 Å². The molecule has 4 aromatic rings. The van der Waals surface area contributed by atoms with Crippen molar-refractivity contribution in [2.75, 3.05) is 24.4 Å². The molecule has 0 saturated heterocycles. The highest BCUT2D eigenvalue weighted by Gasteiger charge is 2.29. The topological polar surface area (TPSA) is 126 Å². The molecule has 182 valence electrons. The normalized spacial score (nSPS) is 11.4. The number of anilines is 2. The summed E-state index contributed by atoms with van der Waals surface area (Å²) < 4.78 is 11.3. The number of hydrogen-bond donors (Lipinski definition) is 1. The summed E-state index contributed by atoms with van der Waals surface area (Å²) in [7, 11) is 4.54. The Labute approximate surface area is 211 Å². The van der Waals surface area contributed by atoms with E-state index in [9.17, 15) is 14.9 Å². The van der Waals surface area contributed by atoms with Gasteiger partial charge in [-0.05, 0) is 29.3 Å². The lowest BCUT2D eigenvalue weighted by Gasteiger charge is -2.32. The molecule has 0 aliphatic carbocycles. The maximum atomic E-state index is 13.2. The summed E-state index contributed by atoms with van der Waals surface area (Å²) in [5.74, 6) is -0.726. The van der Waals surface area contributed by atoms with Crippen LogP contribution in [0.25, 0.3) is 0 Å². The predicted octanol–water partition coefficient (Wildman–Crippen LogP) is 3.78. The number of benzene rings is 2. The molecule has 0 fully saturated rings. The van der Waals surface area contributed by atoms with Crippen molar-refractivity contribution < 1.29 is 14.1 Å². The predicted molar refractivity (Wildman–Crippen MR) is 133 cm³/mol. The van der Waals surface area contributed by atoms with Gasteiger partial charge in [-0.2, -0.15) is 5.26 Å². The highest BCUT2D eigenvalue weighted by Crippen LogP contribution is 2.35. The molecule has 1 N–H and O–H groups in total. The molecule has 10 nitrogen and oxygen atoms in total. The van der Waals surface area contributed by atoms with E-state index in [2.05, 4.69) is 21.5 Å². The number of nitriles is 1. The monoisotopic (exact) mass is 504 g/mol. The van der Waals surface area contributed by atoms with E-state index in [1.54, 1.807) is 36.2 Å². The summed E-state index contributed by atoms with van der Waals surface area (Å²) in [4.78, 5) is 32.5. The Morgan fingerprint density at radius 2 is 2.06 bits per heavy atom. The largest absolute Gasteiger partial charge is 0.489 e. The van der Waals surface area contributed by atoms with Crippen molar-refractivity contribution in [3.63, 3.8) is 0 Å². The zero-order valence-corrected chi connectivity index (χ0v) is 20.4. The first-order valence-electron chi connectivity index (χ1n) is 10.7. The van der Waals surface area contributed by atoms with E-state index in [0.29, 0.717) is 16.3 Å². The second-order valence-corrected chi connectivity index (χ2v) is 8.20. The van der Waals surface area contributed by atoms with Crippen molar-refractivity contribution in [3.05, 3.63) is 98.8 Å². The molecule has 36 heavy (non-hydrogen) atoms. The quantitative estimate of drug-likeness (QED) is 0.403. The van der Waals surface area contributed by atoms with Crippen LogP contribution in [0, 0.1) is 11.3 Å². The number of methoxy groups -OCH3 is 1. The summed E-state index contributed by atoms with van der Waals surface area (Å²) in [6, 6.07) is 15.9. The molecule has 2 heterocycles. The Morgan fingerprint density at radius 1 is 1.28 bits per heavy atom. The number of carbonyl (C=O) groups is 1. The zero-order chi connectivity index (χ0) is 25.8. The van der Waals surface area contributed by atoms with Crippen LogP contribution in [0.5, 0.6) is 5.75 Å². The summed E-state index contributed by atoms with van der Waals surface area (Å²) >= 11 is 6.57. The molecule has 0 radical (unpaired) electrons. The number of rotatable bonds is 7. The number of hydrogen-bond acceptors (Lipinski definition) is 8. The van der Waals surface area contributed by atoms with Crippen LogP contribution in [0.3, 0.4) is 0 Å². The lowest BCUT2D eigenvalue weighted by atomic mass is 9.96. The molecule has 0 saturated carbocycles. The number of aromatic nitrogens is 3. The summed E-state index contributed by atoms with van der Waals surface area (Å²) in [5.41, 5.74) is 1.44. The molecule has 1 atom stereocenters. The van der Waals surface area contributed by atoms with E-state index in [4.69, 9.17) is 20.9 Å². The Hall–Kier alpha value is -4.62. The van der Waals surface area contributed by atoms with Gasteiger partial charge in [-0.25, -0.2) is 4.98 Å². The van der Waals surface area contributed by atoms with Gasteiger partial charge in [0.15, 0.2) is 5.69 Å². The molecule has 0 aliphatic rings. The molecule has 4 rings (SSSR count). The number of ether oxygens (including phenoxy) is 1. The molecule has 1 amide bonds. The Kier molecular flexibility index (Phi) is 7.03. The van der Waals surface area contributed by atoms with Gasteiger partial charge in [-0.3, -0.25) is 14.2 Å². The van der Waals surface area contributed by atoms with Gasteiger partial charge < -0.3 is 19.5 Å². The van der Waals surface area contributed by atoms with Crippen molar-refractivity contribution in [3.8, 4) is 11.8 Å². The van der Waals surface area contributed by atoms with Crippen LogP contribution in [0.2, 0.25) is 5.02 Å². The first kappa shape index (κ1) is 24.5. The van der Waals surface area contributed by atoms with Crippen LogP contribution in [0.15, 0.2) is 70.3 Å². The van der Waals surface area contributed by atoms with Gasteiger partial charge in [0.1, 0.15) is 12.0 Å². The molecule has 2 aromatic heterocycles. The lowest BCUT2D eigenvalue weighted by Crippen LogP contribution is -2.35. The standard InChI is InChI=1S/C25H21ClN6O4/c1-31(21(18-9-4-5-10-19(18)26)16-8-6-7-15(11-16)12-27)25-30-20(22(35-3)24(34)32(25)2)23(33)29-17-13-28-36-14-17/h4-11,13-14,21H,1-3H3,(H,29,33). The van der Waals surface area contributed by atoms with E-state index >= 15 is 0 Å².